The topological polar surface area (TPSA) is 81.7 Å². The van der Waals surface area contributed by atoms with Crippen molar-refractivity contribution in [3.05, 3.63) is 54.4 Å². The van der Waals surface area contributed by atoms with Gasteiger partial charge in [0, 0.05) is 31.0 Å². The smallest absolute Gasteiger partial charge is 0.253 e. The molecule has 1 saturated heterocycles. The maximum atomic E-state index is 12.9. The van der Waals surface area contributed by atoms with E-state index >= 15 is 0 Å². The Morgan fingerprint density at radius 2 is 2.08 bits per heavy atom. The molecule has 2 aromatic heterocycles. The number of imidazole rings is 1. The van der Waals surface area contributed by atoms with Crippen LogP contribution in [-0.2, 0) is 0 Å². The van der Waals surface area contributed by atoms with Crippen LogP contribution in [0, 0.1) is 6.92 Å². The van der Waals surface area contributed by atoms with E-state index in [1.54, 1.807) is 4.68 Å². The molecule has 0 aliphatic carbocycles. The highest BCUT2D eigenvalue weighted by Crippen LogP contribution is 2.24. The van der Waals surface area contributed by atoms with Crippen molar-refractivity contribution in [1.82, 2.24) is 34.7 Å². The van der Waals surface area contributed by atoms with Gasteiger partial charge in [-0.05, 0) is 54.5 Å². The summed E-state index contributed by atoms with van der Waals surface area (Å²) in [5, 5.41) is 11.1. The molecule has 0 unspecified atom stereocenters. The molecule has 1 aromatic carbocycles. The second-order valence-corrected chi connectivity index (χ2v) is 6.23. The Morgan fingerprint density at radius 1 is 1.24 bits per heavy atom. The number of hydrogen-bond donors (Lipinski definition) is 0. The van der Waals surface area contributed by atoms with Gasteiger partial charge in [0.05, 0.1) is 11.7 Å². The fourth-order valence-corrected chi connectivity index (χ4v) is 3.36. The molecule has 128 valence electrons. The van der Waals surface area contributed by atoms with Crippen LogP contribution in [0.15, 0.2) is 43.0 Å². The van der Waals surface area contributed by atoms with Crippen LogP contribution in [0.5, 0.6) is 0 Å². The fraction of sp³-hybridized carbons (Fsp3) is 0.353. The largest absolute Gasteiger partial charge is 0.337 e. The first-order chi connectivity index (χ1) is 12.2. The van der Waals surface area contributed by atoms with Gasteiger partial charge in [-0.3, -0.25) is 4.79 Å². The molecule has 1 atom stereocenters. The number of piperidine rings is 1. The van der Waals surface area contributed by atoms with Crippen molar-refractivity contribution in [3.8, 4) is 5.69 Å². The lowest BCUT2D eigenvalue weighted by molar-refractivity contribution is 0.0678. The van der Waals surface area contributed by atoms with Gasteiger partial charge in [-0.2, -0.15) is 0 Å². The number of amides is 1. The molecule has 8 heteroatoms. The highest BCUT2D eigenvalue weighted by molar-refractivity contribution is 5.94. The van der Waals surface area contributed by atoms with Crippen molar-refractivity contribution in [2.45, 2.75) is 25.8 Å². The number of aryl methyl sites for hydroxylation is 1. The molecule has 1 aliphatic heterocycles. The lowest BCUT2D eigenvalue weighted by Crippen LogP contribution is -2.40. The molecule has 0 N–H and O–H groups in total. The van der Waals surface area contributed by atoms with Crippen LogP contribution in [0.2, 0.25) is 0 Å². The van der Waals surface area contributed by atoms with Gasteiger partial charge in [0.15, 0.2) is 0 Å². The average Bonchev–Trinajstić information content (AvgIpc) is 3.33. The molecular formula is C17H19N7O. The first kappa shape index (κ1) is 15.5. The van der Waals surface area contributed by atoms with Crippen LogP contribution in [0.1, 0.15) is 35.1 Å². The van der Waals surface area contributed by atoms with Gasteiger partial charge in [0.25, 0.3) is 5.91 Å². The van der Waals surface area contributed by atoms with Gasteiger partial charge in [0.1, 0.15) is 12.2 Å². The van der Waals surface area contributed by atoms with Gasteiger partial charge < -0.3 is 9.47 Å². The lowest BCUT2D eigenvalue weighted by Gasteiger charge is -2.34. The van der Waals surface area contributed by atoms with E-state index in [-0.39, 0.29) is 5.91 Å². The molecule has 3 aromatic rings. The molecule has 1 amide bonds. The van der Waals surface area contributed by atoms with Crippen molar-refractivity contribution < 1.29 is 4.79 Å². The van der Waals surface area contributed by atoms with Crippen molar-refractivity contribution in [3.63, 3.8) is 0 Å². The van der Waals surface area contributed by atoms with Crippen LogP contribution in [-0.4, -0.2) is 53.7 Å². The second-order valence-electron chi connectivity index (χ2n) is 6.23. The highest BCUT2D eigenvalue weighted by atomic mass is 16.2. The molecule has 0 spiro atoms. The number of tetrazole rings is 1. The number of carbonyl (C=O) groups is 1. The lowest BCUT2D eigenvalue weighted by atomic mass is 10.0. The summed E-state index contributed by atoms with van der Waals surface area (Å²) in [5.41, 5.74) is 1.51. The molecule has 0 saturated carbocycles. The third kappa shape index (κ3) is 3.02. The van der Waals surface area contributed by atoms with Gasteiger partial charge in [-0.15, -0.1) is 5.10 Å². The molecule has 1 aliphatic rings. The van der Waals surface area contributed by atoms with Crippen LogP contribution >= 0.6 is 0 Å². The zero-order chi connectivity index (χ0) is 17.2. The van der Waals surface area contributed by atoms with E-state index in [1.165, 1.54) is 6.33 Å². The summed E-state index contributed by atoms with van der Waals surface area (Å²) in [6.07, 6.45) is 7.40. The first-order valence-electron chi connectivity index (χ1n) is 8.34. The Labute approximate surface area is 145 Å². The average molecular weight is 337 g/mol. The summed E-state index contributed by atoms with van der Waals surface area (Å²) in [4.78, 5) is 19.1. The third-order valence-corrected chi connectivity index (χ3v) is 4.67. The number of aromatic nitrogens is 6. The molecular weight excluding hydrogens is 318 g/mol. The van der Waals surface area contributed by atoms with Crippen molar-refractivity contribution >= 4 is 5.91 Å². The Morgan fingerprint density at radius 3 is 2.76 bits per heavy atom. The van der Waals surface area contributed by atoms with Crippen molar-refractivity contribution in [2.75, 3.05) is 13.1 Å². The number of hydrogen-bond acceptors (Lipinski definition) is 5. The van der Waals surface area contributed by atoms with Gasteiger partial charge in [-0.25, -0.2) is 9.67 Å². The quantitative estimate of drug-likeness (QED) is 0.726. The normalized spacial score (nSPS) is 17.6. The predicted molar refractivity (Wildman–Crippen MR) is 90.3 cm³/mol. The Bertz CT molecular complexity index is 854. The molecule has 0 bridgehead atoms. The van der Waals surface area contributed by atoms with Crippen LogP contribution in [0.4, 0.5) is 0 Å². The van der Waals surface area contributed by atoms with Crippen LogP contribution < -0.4 is 0 Å². The zero-order valence-electron chi connectivity index (χ0n) is 14.0. The van der Waals surface area contributed by atoms with Crippen LogP contribution in [0.3, 0.4) is 0 Å². The minimum atomic E-state index is 0.0609. The number of rotatable bonds is 3. The molecule has 4 rings (SSSR count). The van der Waals surface area contributed by atoms with Crippen LogP contribution in [0.25, 0.3) is 5.69 Å². The summed E-state index contributed by atoms with van der Waals surface area (Å²) in [6.45, 7) is 3.50. The second kappa shape index (κ2) is 6.46. The van der Waals surface area contributed by atoms with E-state index in [4.69, 9.17) is 0 Å². The Hall–Kier alpha value is -3.03. The van der Waals surface area contributed by atoms with E-state index in [9.17, 15) is 4.79 Å². The number of benzene rings is 1. The highest BCUT2D eigenvalue weighted by Gasteiger charge is 2.26. The monoisotopic (exact) mass is 337 g/mol. The molecule has 8 nitrogen and oxygen atoms in total. The van der Waals surface area contributed by atoms with E-state index in [1.807, 2.05) is 48.5 Å². The van der Waals surface area contributed by atoms with Gasteiger partial charge >= 0.3 is 0 Å². The molecule has 25 heavy (non-hydrogen) atoms. The van der Waals surface area contributed by atoms with E-state index in [2.05, 4.69) is 25.1 Å². The van der Waals surface area contributed by atoms with Gasteiger partial charge in [-0.1, -0.05) is 0 Å². The minimum Gasteiger partial charge on any atom is -0.337 e. The Balaban J connectivity index is 1.49. The summed E-state index contributed by atoms with van der Waals surface area (Å²) in [7, 11) is 0. The van der Waals surface area contributed by atoms with Gasteiger partial charge in [0.2, 0.25) is 0 Å². The summed E-state index contributed by atoms with van der Waals surface area (Å²) in [6, 6.07) is 7.65. The Kier molecular flexibility index (Phi) is 4.01. The minimum absolute atomic E-state index is 0.0609. The van der Waals surface area contributed by atoms with E-state index in [0.717, 1.165) is 30.9 Å². The van der Waals surface area contributed by atoms with Crippen molar-refractivity contribution in [2.24, 2.45) is 0 Å². The maximum Gasteiger partial charge on any atom is 0.253 e. The standard InChI is InChI=1S/C17H19N7O/c1-13-18-8-10-23(13)16-3-2-9-22(11-16)17(25)14-4-6-15(7-5-14)24-12-19-20-21-24/h4-8,10,12,16H,2-3,9,11H2,1H3/t16-/m0/s1. The molecule has 3 heterocycles. The summed E-state index contributed by atoms with van der Waals surface area (Å²) in [5.74, 6) is 1.05. The molecule has 0 radical (unpaired) electrons. The van der Waals surface area contributed by atoms with E-state index < -0.39 is 0 Å². The van der Waals surface area contributed by atoms with E-state index in [0.29, 0.717) is 18.2 Å². The SMILES string of the molecule is Cc1nccn1[C@H]1CCCN(C(=O)c2ccc(-n3cnnn3)cc2)C1. The fourth-order valence-electron chi connectivity index (χ4n) is 3.36. The summed E-state index contributed by atoms with van der Waals surface area (Å²) >= 11 is 0. The third-order valence-electron chi connectivity index (χ3n) is 4.67. The maximum absolute atomic E-state index is 12.9. The predicted octanol–water partition coefficient (Wildman–Crippen LogP) is 1.64. The zero-order valence-corrected chi connectivity index (χ0v) is 14.0. The first-order valence-corrected chi connectivity index (χ1v) is 8.34. The number of likely N-dealkylation sites (tertiary alicyclic amines) is 1. The number of nitrogens with zero attached hydrogens (tertiary/aromatic N) is 7. The van der Waals surface area contributed by atoms with Crippen molar-refractivity contribution in [1.29, 1.82) is 0 Å². The number of carbonyl (C=O) groups excluding carboxylic acids is 1. The molecule has 1 fully saturated rings. The summed E-state index contributed by atoms with van der Waals surface area (Å²) < 4.78 is 3.73.